The van der Waals surface area contributed by atoms with Gasteiger partial charge in [-0.2, -0.15) is 13.2 Å². The molecule has 2 atom stereocenters. The van der Waals surface area contributed by atoms with Gasteiger partial charge in [-0.15, -0.1) is 0 Å². The van der Waals surface area contributed by atoms with E-state index in [0.717, 1.165) is 43.9 Å². The maximum atomic E-state index is 13.0. The van der Waals surface area contributed by atoms with Crippen LogP contribution in [-0.4, -0.2) is 52.6 Å². The molecule has 150 valence electrons. The Morgan fingerprint density at radius 3 is 2.68 bits per heavy atom. The zero-order valence-corrected chi connectivity index (χ0v) is 15.6. The number of hydrogen-bond donors (Lipinski definition) is 0. The number of methoxy groups -OCH3 is 1. The summed E-state index contributed by atoms with van der Waals surface area (Å²) in [5.74, 6) is 1.49. The van der Waals surface area contributed by atoms with Gasteiger partial charge in [-0.05, 0) is 30.9 Å². The first-order valence-corrected chi connectivity index (χ1v) is 9.31. The Labute approximate surface area is 161 Å². The van der Waals surface area contributed by atoms with Gasteiger partial charge in [-0.25, -0.2) is 15.0 Å². The lowest BCUT2D eigenvalue weighted by atomic mass is 9.92. The van der Waals surface area contributed by atoms with Gasteiger partial charge in [-0.1, -0.05) is 6.07 Å². The summed E-state index contributed by atoms with van der Waals surface area (Å²) in [6.07, 6.45) is 0.413. The fourth-order valence-electron chi connectivity index (χ4n) is 4.17. The Kier molecular flexibility index (Phi) is 5.09. The zero-order chi connectivity index (χ0) is 19.7. The third-order valence-electron chi connectivity index (χ3n) is 5.64. The molecule has 0 radical (unpaired) electrons. The molecule has 9 heteroatoms. The molecule has 6 nitrogen and oxygen atoms in total. The van der Waals surface area contributed by atoms with Crippen molar-refractivity contribution < 1.29 is 17.9 Å². The van der Waals surface area contributed by atoms with Crippen LogP contribution in [0.3, 0.4) is 0 Å². The van der Waals surface area contributed by atoms with Crippen LogP contribution in [0, 0.1) is 5.92 Å². The van der Waals surface area contributed by atoms with Gasteiger partial charge in [0.25, 0.3) is 0 Å². The van der Waals surface area contributed by atoms with Crippen LogP contribution in [0.25, 0.3) is 0 Å². The number of halogens is 3. The second kappa shape index (κ2) is 7.54. The molecule has 0 aliphatic carbocycles. The van der Waals surface area contributed by atoms with Gasteiger partial charge in [0.2, 0.25) is 5.88 Å². The van der Waals surface area contributed by atoms with Gasteiger partial charge < -0.3 is 9.64 Å². The number of hydrogen-bond acceptors (Lipinski definition) is 6. The molecule has 2 fully saturated rings. The van der Waals surface area contributed by atoms with Crippen LogP contribution in [0.1, 0.15) is 24.1 Å². The standard InChI is InChI=1S/C19H22F3N5O/c1-28-18-3-2-13(9-23-18)10-26-6-4-14-5-7-27(11-15(14)26)17-8-16(19(20,21)22)24-12-25-17/h2-3,8-9,12,14-15H,4-7,10-11H2,1H3. The Morgan fingerprint density at radius 1 is 1.14 bits per heavy atom. The summed E-state index contributed by atoms with van der Waals surface area (Å²) in [6.45, 7) is 3.13. The third kappa shape index (κ3) is 3.89. The average Bonchev–Trinajstić information content (AvgIpc) is 3.10. The van der Waals surface area contributed by atoms with Crippen molar-refractivity contribution in [2.75, 3.05) is 31.6 Å². The van der Waals surface area contributed by atoms with Crippen LogP contribution < -0.4 is 9.64 Å². The van der Waals surface area contributed by atoms with Crippen LogP contribution in [0.2, 0.25) is 0 Å². The molecule has 0 saturated carbocycles. The minimum Gasteiger partial charge on any atom is -0.481 e. The van der Waals surface area contributed by atoms with Gasteiger partial charge in [0.1, 0.15) is 17.8 Å². The number of likely N-dealkylation sites (tertiary alicyclic amines) is 1. The largest absolute Gasteiger partial charge is 0.481 e. The van der Waals surface area contributed by atoms with Gasteiger partial charge in [-0.3, -0.25) is 4.90 Å². The summed E-state index contributed by atoms with van der Waals surface area (Å²) < 4.78 is 44.0. The van der Waals surface area contributed by atoms with E-state index in [1.54, 1.807) is 7.11 Å². The Hall–Kier alpha value is -2.42. The summed E-state index contributed by atoms with van der Waals surface area (Å²) in [6, 6.07) is 5.18. The summed E-state index contributed by atoms with van der Waals surface area (Å²) >= 11 is 0. The summed E-state index contributed by atoms with van der Waals surface area (Å²) in [5.41, 5.74) is 0.201. The van der Waals surface area contributed by atoms with Crippen LogP contribution >= 0.6 is 0 Å². The molecule has 2 aliphatic heterocycles. The first-order chi connectivity index (χ1) is 13.4. The fourth-order valence-corrected chi connectivity index (χ4v) is 4.17. The molecular weight excluding hydrogens is 371 g/mol. The molecule has 0 aromatic carbocycles. The molecule has 28 heavy (non-hydrogen) atoms. The Morgan fingerprint density at radius 2 is 1.96 bits per heavy atom. The van der Waals surface area contributed by atoms with Crippen LogP contribution in [0.5, 0.6) is 5.88 Å². The van der Waals surface area contributed by atoms with E-state index in [1.165, 1.54) is 0 Å². The number of aromatic nitrogens is 3. The number of pyridine rings is 1. The molecule has 2 unspecified atom stereocenters. The molecule has 4 rings (SSSR count). The average molecular weight is 393 g/mol. The molecule has 2 aromatic heterocycles. The van der Waals surface area contributed by atoms with Gasteiger partial charge in [0.15, 0.2) is 0 Å². The SMILES string of the molecule is COc1ccc(CN2CCC3CCN(c4cc(C(F)(F)F)ncn4)CC32)cn1. The van der Waals surface area contributed by atoms with E-state index in [2.05, 4.69) is 19.9 Å². The highest BCUT2D eigenvalue weighted by atomic mass is 19.4. The highest BCUT2D eigenvalue weighted by Gasteiger charge is 2.39. The van der Waals surface area contributed by atoms with Crippen molar-refractivity contribution in [3.05, 3.63) is 42.0 Å². The molecule has 2 saturated heterocycles. The van der Waals surface area contributed by atoms with Crippen molar-refractivity contribution in [2.24, 2.45) is 5.92 Å². The van der Waals surface area contributed by atoms with E-state index in [1.807, 2.05) is 23.2 Å². The van der Waals surface area contributed by atoms with Crippen molar-refractivity contribution in [1.29, 1.82) is 0 Å². The quantitative estimate of drug-likeness (QED) is 0.796. The smallest absolute Gasteiger partial charge is 0.433 e. The normalized spacial score (nSPS) is 22.9. The number of fused-ring (bicyclic) bond motifs is 1. The summed E-state index contributed by atoms with van der Waals surface area (Å²) in [4.78, 5) is 16.1. The van der Waals surface area contributed by atoms with Crippen molar-refractivity contribution in [3.63, 3.8) is 0 Å². The molecular formula is C19H22F3N5O. The monoisotopic (exact) mass is 393 g/mol. The van der Waals surface area contributed by atoms with Crippen molar-refractivity contribution in [2.45, 2.75) is 31.6 Å². The maximum Gasteiger partial charge on any atom is 0.433 e. The number of anilines is 1. The predicted molar refractivity (Wildman–Crippen MR) is 97.0 cm³/mol. The molecule has 4 heterocycles. The van der Waals surface area contributed by atoms with Crippen LogP contribution in [0.15, 0.2) is 30.7 Å². The number of nitrogens with zero attached hydrogens (tertiary/aromatic N) is 5. The van der Waals surface area contributed by atoms with E-state index < -0.39 is 11.9 Å². The van der Waals surface area contributed by atoms with E-state index in [4.69, 9.17) is 4.74 Å². The van der Waals surface area contributed by atoms with Crippen molar-refractivity contribution in [3.8, 4) is 5.88 Å². The lowest BCUT2D eigenvalue weighted by Gasteiger charge is -2.39. The predicted octanol–water partition coefficient (Wildman–Crippen LogP) is 3.00. The number of piperidine rings is 1. The second-order valence-corrected chi connectivity index (χ2v) is 7.29. The van der Waals surface area contributed by atoms with Gasteiger partial charge in [0.05, 0.1) is 7.11 Å². The second-order valence-electron chi connectivity index (χ2n) is 7.29. The summed E-state index contributed by atoms with van der Waals surface area (Å²) in [7, 11) is 1.58. The number of rotatable bonds is 4. The van der Waals surface area contributed by atoms with E-state index in [9.17, 15) is 13.2 Å². The zero-order valence-electron chi connectivity index (χ0n) is 15.6. The molecule has 0 bridgehead atoms. The van der Waals surface area contributed by atoms with E-state index in [0.29, 0.717) is 36.7 Å². The molecule has 2 aliphatic rings. The van der Waals surface area contributed by atoms with Crippen LogP contribution in [0.4, 0.5) is 19.0 Å². The topological polar surface area (TPSA) is 54.4 Å². The number of ether oxygens (including phenoxy) is 1. The molecule has 2 aromatic rings. The molecule has 0 N–H and O–H groups in total. The highest BCUT2D eigenvalue weighted by Crippen LogP contribution is 2.35. The lowest BCUT2D eigenvalue weighted by molar-refractivity contribution is -0.141. The van der Waals surface area contributed by atoms with Crippen molar-refractivity contribution >= 4 is 5.82 Å². The number of alkyl halides is 3. The van der Waals surface area contributed by atoms with Gasteiger partial charge in [0, 0.05) is 44.0 Å². The fraction of sp³-hybridized carbons (Fsp3) is 0.526. The Balaban J connectivity index is 1.47. The molecule has 0 amide bonds. The van der Waals surface area contributed by atoms with Crippen molar-refractivity contribution in [1.82, 2.24) is 19.9 Å². The summed E-state index contributed by atoms with van der Waals surface area (Å²) in [5, 5.41) is 0. The first kappa shape index (κ1) is 18.9. The minimum absolute atomic E-state index is 0.292. The highest BCUT2D eigenvalue weighted by molar-refractivity contribution is 5.40. The van der Waals surface area contributed by atoms with Gasteiger partial charge >= 0.3 is 6.18 Å². The van der Waals surface area contributed by atoms with Crippen LogP contribution in [-0.2, 0) is 12.7 Å². The van der Waals surface area contributed by atoms with E-state index >= 15 is 0 Å². The lowest BCUT2D eigenvalue weighted by Crippen LogP contribution is -2.48. The van der Waals surface area contributed by atoms with E-state index in [-0.39, 0.29) is 0 Å². The maximum absolute atomic E-state index is 13.0. The molecule has 0 spiro atoms. The Bertz CT molecular complexity index is 814. The minimum atomic E-state index is -4.46. The first-order valence-electron chi connectivity index (χ1n) is 9.31. The third-order valence-corrected chi connectivity index (χ3v) is 5.64.